The summed E-state index contributed by atoms with van der Waals surface area (Å²) < 4.78 is 1.75. The van der Waals surface area contributed by atoms with Gasteiger partial charge >= 0.3 is 6.09 Å². The number of likely N-dealkylation sites (tertiary alicyclic amines) is 1. The Kier molecular flexibility index (Phi) is 3.45. The van der Waals surface area contributed by atoms with Crippen LogP contribution in [-0.2, 0) is 0 Å². The van der Waals surface area contributed by atoms with Crippen LogP contribution in [0.25, 0.3) is 0 Å². The van der Waals surface area contributed by atoms with E-state index in [0.717, 1.165) is 12.8 Å². The van der Waals surface area contributed by atoms with Crippen LogP contribution in [0, 0.1) is 0 Å². The van der Waals surface area contributed by atoms with Gasteiger partial charge in [0.2, 0.25) is 0 Å². The molecule has 6 heteroatoms. The summed E-state index contributed by atoms with van der Waals surface area (Å²) in [4.78, 5) is 23.6. The smallest absolute Gasteiger partial charge is 0.407 e. The highest BCUT2D eigenvalue weighted by atomic mass is 16.4. The molecule has 96 valence electrons. The van der Waals surface area contributed by atoms with E-state index in [-0.39, 0.29) is 11.8 Å². The van der Waals surface area contributed by atoms with Crippen LogP contribution in [0.15, 0.2) is 25.0 Å². The predicted octanol–water partition coefficient (Wildman–Crippen LogP) is 1.57. The topological polar surface area (TPSA) is 75.4 Å². The lowest BCUT2D eigenvalue weighted by atomic mass is 10.1. The minimum atomic E-state index is -0.878. The van der Waals surface area contributed by atoms with Gasteiger partial charge in [0.25, 0.3) is 0 Å². The van der Waals surface area contributed by atoms with Crippen LogP contribution in [0.5, 0.6) is 0 Å². The summed E-state index contributed by atoms with van der Waals surface area (Å²) in [6.45, 7) is 4.44. The number of rotatable bonds is 3. The zero-order chi connectivity index (χ0) is 13.1. The van der Waals surface area contributed by atoms with Crippen molar-refractivity contribution in [1.82, 2.24) is 14.7 Å². The summed E-state index contributed by atoms with van der Waals surface area (Å²) in [5.74, 6) is -0.149. The monoisotopic (exact) mass is 249 g/mol. The Morgan fingerprint density at radius 2 is 2.11 bits per heavy atom. The Balaban J connectivity index is 2.01. The Morgan fingerprint density at radius 1 is 1.44 bits per heavy atom. The highest BCUT2D eigenvalue weighted by molar-refractivity contribution is 6.03. The third kappa shape index (κ3) is 2.42. The highest BCUT2D eigenvalue weighted by Gasteiger charge is 2.24. The van der Waals surface area contributed by atoms with Crippen LogP contribution < -0.4 is 0 Å². The molecular weight excluding hydrogens is 234 g/mol. The quantitative estimate of drug-likeness (QED) is 0.651. The van der Waals surface area contributed by atoms with Crippen molar-refractivity contribution in [1.29, 1.82) is 0 Å². The molecule has 0 bridgehead atoms. The maximum absolute atomic E-state index is 11.4. The van der Waals surface area contributed by atoms with Crippen molar-refractivity contribution in [2.45, 2.75) is 18.9 Å². The molecule has 0 spiro atoms. The maximum atomic E-state index is 11.4. The van der Waals surface area contributed by atoms with E-state index in [1.54, 1.807) is 10.9 Å². The average Bonchev–Trinajstić information content (AvgIpc) is 2.87. The standard InChI is InChI=1S/C12H15N3O3/c1-2-11(16)9-7-13-15(8-9)10-3-5-14(6-4-10)12(17)18/h2,7-8,10H,1,3-6H2,(H,17,18). The number of hydrogen-bond acceptors (Lipinski definition) is 3. The van der Waals surface area contributed by atoms with Crippen molar-refractivity contribution >= 4 is 11.9 Å². The Bertz CT molecular complexity index is 473. The first kappa shape index (κ1) is 12.3. The van der Waals surface area contributed by atoms with Crippen LogP contribution in [0.2, 0.25) is 0 Å². The van der Waals surface area contributed by atoms with Gasteiger partial charge in [0.1, 0.15) is 0 Å². The number of hydrogen-bond donors (Lipinski definition) is 1. The van der Waals surface area contributed by atoms with Gasteiger partial charge in [0.15, 0.2) is 5.78 Å². The summed E-state index contributed by atoms with van der Waals surface area (Å²) in [6, 6.07) is 0.159. The first-order chi connectivity index (χ1) is 8.61. The fourth-order valence-corrected chi connectivity index (χ4v) is 2.10. The van der Waals surface area contributed by atoms with Crippen LogP contribution in [0.4, 0.5) is 4.79 Å². The van der Waals surface area contributed by atoms with Crippen LogP contribution >= 0.6 is 0 Å². The predicted molar refractivity (Wildman–Crippen MR) is 64.6 cm³/mol. The molecule has 1 aliphatic heterocycles. The molecule has 0 aliphatic carbocycles. The molecule has 0 radical (unpaired) electrons. The number of allylic oxidation sites excluding steroid dienone is 1. The van der Waals surface area contributed by atoms with Gasteiger partial charge in [-0.15, -0.1) is 0 Å². The minimum Gasteiger partial charge on any atom is -0.465 e. The maximum Gasteiger partial charge on any atom is 0.407 e. The van der Waals surface area contributed by atoms with E-state index >= 15 is 0 Å². The van der Waals surface area contributed by atoms with Gasteiger partial charge in [0.05, 0.1) is 17.8 Å². The summed E-state index contributed by atoms with van der Waals surface area (Å²) in [5, 5.41) is 13.0. The first-order valence-electron chi connectivity index (χ1n) is 5.80. The number of amides is 1. The van der Waals surface area contributed by atoms with Crippen molar-refractivity contribution in [3.63, 3.8) is 0 Å². The van der Waals surface area contributed by atoms with Crippen LogP contribution in [0.3, 0.4) is 0 Å². The van der Waals surface area contributed by atoms with Gasteiger partial charge in [-0.3, -0.25) is 9.48 Å². The average molecular weight is 249 g/mol. The molecule has 0 atom stereocenters. The Labute approximate surface area is 105 Å². The Hall–Kier alpha value is -2.11. The number of ketones is 1. The molecule has 1 fully saturated rings. The second kappa shape index (κ2) is 5.03. The van der Waals surface area contributed by atoms with Crippen molar-refractivity contribution < 1.29 is 14.7 Å². The lowest BCUT2D eigenvalue weighted by molar-refractivity contribution is 0.104. The van der Waals surface area contributed by atoms with E-state index < -0.39 is 6.09 Å². The van der Waals surface area contributed by atoms with E-state index in [1.165, 1.54) is 17.2 Å². The zero-order valence-electron chi connectivity index (χ0n) is 9.95. The zero-order valence-corrected chi connectivity index (χ0v) is 9.95. The van der Waals surface area contributed by atoms with Gasteiger partial charge in [-0.2, -0.15) is 5.10 Å². The molecular formula is C12H15N3O3. The molecule has 0 unspecified atom stereocenters. The van der Waals surface area contributed by atoms with E-state index in [2.05, 4.69) is 11.7 Å². The summed E-state index contributed by atoms with van der Waals surface area (Å²) >= 11 is 0. The molecule has 0 saturated carbocycles. The second-order valence-electron chi connectivity index (χ2n) is 4.28. The third-order valence-electron chi connectivity index (χ3n) is 3.18. The van der Waals surface area contributed by atoms with Crippen molar-refractivity contribution in [2.75, 3.05) is 13.1 Å². The van der Waals surface area contributed by atoms with E-state index in [1.807, 2.05) is 0 Å². The lowest BCUT2D eigenvalue weighted by Crippen LogP contribution is -2.38. The molecule has 1 aliphatic rings. The summed E-state index contributed by atoms with van der Waals surface area (Å²) in [5.41, 5.74) is 0.519. The van der Waals surface area contributed by atoms with E-state index in [9.17, 15) is 9.59 Å². The molecule has 2 rings (SSSR count). The van der Waals surface area contributed by atoms with Gasteiger partial charge < -0.3 is 10.0 Å². The van der Waals surface area contributed by atoms with Gasteiger partial charge in [-0.25, -0.2) is 4.79 Å². The number of aromatic nitrogens is 2. The first-order valence-corrected chi connectivity index (χ1v) is 5.80. The lowest BCUT2D eigenvalue weighted by Gasteiger charge is -2.29. The SMILES string of the molecule is C=CC(=O)c1cnn(C2CCN(C(=O)O)CC2)c1. The molecule has 0 aromatic carbocycles. The van der Waals surface area contributed by atoms with Crippen LogP contribution in [-0.4, -0.2) is 44.8 Å². The van der Waals surface area contributed by atoms with Gasteiger partial charge in [-0.05, 0) is 18.9 Å². The molecule has 1 aromatic rings. The van der Waals surface area contributed by atoms with Gasteiger partial charge in [0, 0.05) is 19.3 Å². The highest BCUT2D eigenvalue weighted by Crippen LogP contribution is 2.22. The normalized spacial score (nSPS) is 16.6. The summed E-state index contributed by atoms with van der Waals surface area (Å²) in [6.07, 6.45) is 5.04. The number of carbonyl (C=O) groups excluding carboxylic acids is 1. The van der Waals surface area contributed by atoms with Crippen molar-refractivity contribution in [3.05, 3.63) is 30.6 Å². The number of carbonyl (C=O) groups is 2. The molecule has 1 N–H and O–H groups in total. The molecule has 1 saturated heterocycles. The third-order valence-corrected chi connectivity index (χ3v) is 3.18. The van der Waals surface area contributed by atoms with Crippen molar-refractivity contribution in [3.8, 4) is 0 Å². The fourth-order valence-electron chi connectivity index (χ4n) is 2.10. The minimum absolute atomic E-state index is 0.149. The molecule has 2 heterocycles. The molecule has 6 nitrogen and oxygen atoms in total. The molecule has 18 heavy (non-hydrogen) atoms. The van der Waals surface area contributed by atoms with Crippen LogP contribution in [0.1, 0.15) is 29.2 Å². The van der Waals surface area contributed by atoms with Crippen molar-refractivity contribution in [2.24, 2.45) is 0 Å². The Morgan fingerprint density at radius 3 is 2.67 bits per heavy atom. The largest absolute Gasteiger partial charge is 0.465 e. The number of piperidine rings is 1. The van der Waals surface area contributed by atoms with E-state index in [4.69, 9.17) is 5.11 Å². The van der Waals surface area contributed by atoms with E-state index in [0.29, 0.717) is 18.7 Å². The van der Waals surface area contributed by atoms with Gasteiger partial charge in [-0.1, -0.05) is 6.58 Å². The fraction of sp³-hybridized carbons (Fsp3) is 0.417. The second-order valence-corrected chi connectivity index (χ2v) is 4.28. The number of carboxylic acid groups (broad SMARTS) is 1. The summed E-state index contributed by atoms with van der Waals surface area (Å²) in [7, 11) is 0. The molecule has 1 amide bonds. The molecule has 1 aromatic heterocycles. The number of nitrogens with zero attached hydrogens (tertiary/aromatic N) is 3.